The van der Waals surface area contributed by atoms with Gasteiger partial charge in [0.1, 0.15) is 12.1 Å². The third kappa shape index (κ3) is 2.90. The number of amides is 1. The lowest BCUT2D eigenvalue weighted by Gasteiger charge is -2.47. The van der Waals surface area contributed by atoms with E-state index >= 15 is 0 Å². The van der Waals surface area contributed by atoms with Gasteiger partial charge in [0, 0.05) is 19.0 Å². The molecule has 2 aromatic rings. The second-order valence-corrected chi connectivity index (χ2v) is 6.96. The smallest absolute Gasteiger partial charge is 0.256 e. The van der Waals surface area contributed by atoms with Crippen LogP contribution in [0, 0.1) is 11.7 Å². The summed E-state index contributed by atoms with van der Waals surface area (Å²) in [6.45, 7) is 0.971. The number of likely N-dealkylation sites (tertiary alicyclic amines) is 1. The van der Waals surface area contributed by atoms with Gasteiger partial charge in [-0.1, -0.05) is 12.8 Å². The number of carbonyl (C=O) groups is 1. The molecule has 1 amide bonds. The molecule has 8 heteroatoms. The summed E-state index contributed by atoms with van der Waals surface area (Å²) in [6.07, 6.45) is 5.77. The molecule has 2 atom stereocenters. The minimum Gasteiger partial charge on any atom is -0.389 e. The molecule has 0 bridgehead atoms. The van der Waals surface area contributed by atoms with Crippen molar-refractivity contribution in [3.05, 3.63) is 35.9 Å². The van der Waals surface area contributed by atoms with Crippen LogP contribution in [0.25, 0.3) is 5.69 Å². The normalized spacial score (nSPS) is 26.3. The van der Waals surface area contributed by atoms with Crippen molar-refractivity contribution in [3.63, 3.8) is 0 Å². The maximum Gasteiger partial charge on any atom is 0.256 e. The lowest BCUT2D eigenvalue weighted by Crippen LogP contribution is -2.54. The van der Waals surface area contributed by atoms with Crippen molar-refractivity contribution in [2.45, 2.75) is 37.7 Å². The minimum atomic E-state index is -0.657. The summed E-state index contributed by atoms with van der Waals surface area (Å²) in [4.78, 5) is 14.8. The van der Waals surface area contributed by atoms with Gasteiger partial charge in [-0.25, -0.2) is 4.39 Å². The fourth-order valence-electron chi connectivity index (χ4n) is 4.08. The molecule has 1 aromatic heterocycles. The van der Waals surface area contributed by atoms with Crippen molar-refractivity contribution < 1.29 is 14.3 Å². The zero-order chi connectivity index (χ0) is 17.4. The summed E-state index contributed by atoms with van der Waals surface area (Å²) < 4.78 is 15.1. The van der Waals surface area contributed by atoms with E-state index in [1.165, 1.54) is 29.2 Å². The molecule has 1 aliphatic carbocycles. The number of hydrogen-bond acceptors (Lipinski definition) is 5. The molecule has 1 aliphatic heterocycles. The molecule has 0 spiro atoms. The van der Waals surface area contributed by atoms with Crippen LogP contribution in [0.1, 0.15) is 42.5 Å². The molecule has 25 heavy (non-hydrogen) atoms. The number of aromatic nitrogens is 4. The van der Waals surface area contributed by atoms with Gasteiger partial charge in [0.05, 0.1) is 16.9 Å². The molecular weight excluding hydrogens is 325 g/mol. The van der Waals surface area contributed by atoms with Crippen LogP contribution in [0.2, 0.25) is 0 Å². The molecule has 2 fully saturated rings. The first-order valence-corrected chi connectivity index (χ1v) is 8.61. The van der Waals surface area contributed by atoms with Gasteiger partial charge < -0.3 is 10.0 Å². The van der Waals surface area contributed by atoms with Crippen molar-refractivity contribution in [2.24, 2.45) is 5.92 Å². The quantitative estimate of drug-likeness (QED) is 0.893. The highest BCUT2D eigenvalue weighted by Crippen LogP contribution is 2.40. The molecule has 132 valence electrons. The van der Waals surface area contributed by atoms with Crippen molar-refractivity contribution in [1.29, 1.82) is 0 Å². The Bertz CT molecular complexity index is 781. The number of carbonyl (C=O) groups excluding carboxylic acids is 1. The van der Waals surface area contributed by atoms with Crippen molar-refractivity contribution in [1.82, 2.24) is 25.1 Å². The second kappa shape index (κ2) is 6.18. The van der Waals surface area contributed by atoms with E-state index in [0.717, 1.165) is 25.7 Å². The largest absolute Gasteiger partial charge is 0.389 e. The summed E-state index contributed by atoms with van der Waals surface area (Å²) in [5, 5.41) is 21.7. The van der Waals surface area contributed by atoms with Gasteiger partial charge in [0.2, 0.25) is 0 Å². The van der Waals surface area contributed by atoms with Crippen LogP contribution in [0.15, 0.2) is 24.5 Å². The van der Waals surface area contributed by atoms with Gasteiger partial charge in [-0.05, 0) is 47.9 Å². The van der Waals surface area contributed by atoms with Crippen LogP contribution in [-0.2, 0) is 0 Å². The minimum absolute atomic E-state index is 0.0870. The number of piperidine rings is 1. The zero-order valence-corrected chi connectivity index (χ0v) is 13.8. The number of benzene rings is 1. The summed E-state index contributed by atoms with van der Waals surface area (Å²) in [5.74, 6) is -0.645. The molecule has 2 aliphatic rings. The highest BCUT2D eigenvalue weighted by Gasteiger charge is 2.44. The highest BCUT2D eigenvalue weighted by atomic mass is 19.1. The van der Waals surface area contributed by atoms with Crippen molar-refractivity contribution in [2.75, 3.05) is 13.1 Å². The van der Waals surface area contributed by atoms with Crippen molar-refractivity contribution >= 4 is 5.91 Å². The lowest BCUT2D eigenvalue weighted by atomic mass is 9.71. The van der Waals surface area contributed by atoms with Gasteiger partial charge >= 0.3 is 0 Å². The van der Waals surface area contributed by atoms with E-state index in [-0.39, 0.29) is 17.4 Å². The Kier molecular flexibility index (Phi) is 3.99. The number of halogens is 1. The van der Waals surface area contributed by atoms with Crippen LogP contribution < -0.4 is 0 Å². The van der Waals surface area contributed by atoms with E-state index in [9.17, 15) is 14.3 Å². The maximum absolute atomic E-state index is 13.8. The van der Waals surface area contributed by atoms with Gasteiger partial charge in [-0.15, -0.1) is 5.10 Å². The number of fused-ring (bicyclic) bond motifs is 1. The first-order valence-electron chi connectivity index (χ1n) is 8.61. The van der Waals surface area contributed by atoms with E-state index in [1.807, 2.05) is 0 Å². The Hall–Kier alpha value is -2.35. The van der Waals surface area contributed by atoms with Crippen LogP contribution in [0.5, 0.6) is 0 Å². The van der Waals surface area contributed by atoms with Gasteiger partial charge in [0.15, 0.2) is 0 Å². The van der Waals surface area contributed by atoms with Crippen LogP contribution in [-0.4, -0.2) is 54.8 Å². The molecule has 4 rings (SSSR count). The Balaban J connectivity index is 1.62. The molecule has 0 radical (unpaired) electrons. The second-order valence-electron chi connectivity index (χ2n) is 6.96. The molecule has 1 N–H and O–H groups in total. The third-order valence-electron chi connectivity index (χ3n) is 5.50. The standard InChI is InChI=1S/C17H20FN5O2/c18-13-4-5-15(23-11-19-20-21-23)14(9-13)16(24)22-8-7-17(25)6-2-1-3-12(17)10-22/h4-5,9,11-12,25H,1-3,6-8,10H2. The van der Waals surface area contributed by atoms with E-state index in [4.69, 9.17) is 0 Å². The summed E-state index contributed by atoms with van der Waals surface area (Å²) >= 11 is 0. The zero-order valence-electron chi connectivity index (χ0n) is 13.8. The molecular formula is C17H20FN5O2. The Morgan fingerprint density at radius 3 is 3.00 bits per heavy atom. The van der Waals surface area contributed by atoms with Crippen molar-refractivity contribution in [3.8, 4) is 5.69 Å². The third-order valence-corrected chi connectivity index (χ3v) is 5.50. The average Bonchev–Trinajstić information content (AvgIpc) is 3.14. The van der Waals surface area contributed by atoms with Crippen LogP contribution in [0.4, 0.5) is 4.39 Å². The number of tetrazole rings is 1. The molecule has 1 saturated carbocycles. The average molecular weight is 345 g/mol. The number of aliphatic hydroxyl groups is 1. The van der Waals surface area contributed by atoms with Crippen LogP contribution in [0.3, 0.4) is 0 Å². The monoisotopic (exact) mass is 345 g/mol. The molecule has 2 unspecified atom stereocenters. The number of rotatable bonds is 2. The fraction of sp³-hybridized carbons (Fsp3) is 0.529. The van der Waals surface area contributed by atoms with Gasteiger partial charge in [-0.2, -0.15) is 4.68 Å². The Morgan fingerprint density at radius 2 is 2.20 bits per heavy atom. The molecule has 1 saturated heterocycles. The summed E-state index contributed by atoms with van der Waals surface area (Å²) in [6, 6.07) is 4.00. The molecule has 2 heterocycles. The summed E-state index contributed by atoms with van der Waals surface area (Å²) in [5.41, 5.74) is 0.0183. The lowest BCUT2D eigenvalue weighted by molar-refractivity contribution is -0.0886. The fourth-order valence-corrected chi connectivity index (χ4v) is 4.08. The maximum atomic E-state index is 13.8. The van der Waals surface area contributed by atoms with E-state index in [1.54, 1.807) is 4.90 Å². The predicted molar refractivity (Wildman–Crippen MR) is 86.5 cm³/mol. The highest BCUT2D eigenvalue weighted by molar-refractivity contribution is 5.97. The topological polar surface area (TPSA) is 84.1 Å². The molecule has 7 nitrogen and oxygen atoms in total. The SMILES string of the molecule is O=C(c1cc(F)ccc1-n1cnnn1)N1CCC2(O)CCCCC2C1. The first-order chi connectivity index (χ1) is 12.1. The number of hydrogen-bond donors (Lipinski definition) is 1. The van der Waals surface area contributed by atoms with E-state index in [0.29, 0.717) is 25.2 Å². The summed E-state index contributed by atoms with van der Waals surface area (Å²) in [7, 11) is 0. The van der Waals surface area contributed by atoms with Gasteiger partial charge in [0.25, 0.3) is 5.91 Å². The predicted octanol–water partition coefficient (Wildman–Crippen LogP) is 1.57. The van der Waals surface area contributed by atoms with E-state index in [2.05, 4.69) is 15.5 Å². The first kappa shape index (κ1) is 16.1. The van der Waals surface area contributed by atoms with E-state index < -0.39 is 11.4 Å². The Morgan fingerprint density at radius 1 is 1.32 bits per heavy atom. The van der Waals surface area contributed by atoms with Gasteiger partial charge in [-0.3, -0.25) is 4.79 Å². The molecule has 1 aromatic carbocycles. The van der Waals surface area contributed by atoms with Crippen LogP contribution >= 0.6 is 0 Å². The number of nitrogens with zero attached hydrogens (tertiary/aromatic N) is 5. The Labute approximate surface area is 144 Å².